The molecule has 9 nitrogen and oxygen atoms in total. The first-order chi connectivity index (χ1) is 20.6. The highest BCUT2D eigenvalue weighted by Gasteiger charge is 2.40. The standard InChI is InChI=1S/C33H43ClN6O3/c1-32(9-18-38(19-10-32)26-5-3-25(35)4-6-26)23-37-16-11-33(12-17-37)13-20-39(21-14-33)30(42)24-2-7-27(34)28(22-24)40-15-8-29(41)36-31(40)43/h2-7,22H,8-21,23,35H2,1H3,(H,36,41,43). The van der Waals surface area contributed by atoms with E-state index < -0.39 is 6.03 Å². The summed E-state index contributed by atoms with van der Waals surface area (Å²) >= 11 is 6.40. The molecule has 43 heavy (non-hydrogen) atoms. The minimum Gasteiger partial charge on any atom is -0.399 e. The summed E-state index contributed by atoms with van der Waals surface area (Å²) < 4.78 is 0. The van der Waals surface area contributed by atoms with Crippen LogP contribution in [0.2, 0.25) is 5.02 Å². The Morgan fingerprint density at radius 1 is 0.884 bits per heavy atom. The number of halogens is 1. The molecule has 0 bridgehead atoms. The van der Waals surface area contributed by atoms with Gasteiger partial charge in [0.05, 0.1) is 10.7 Å². The van der Waals surface area contributed by atoms with Gasteiger partial charge in [-0.25, -0.2) is 4.79 Å². The molecule has 0 aliphatic carbocycles. The maximum Gasteiger partial charge on any atom is 0.328 e. The first-order valence-electron chi connectivity index (χ1n) is 15.7. The van der Waals surface area contributed by atoms with Crippen LogP contribution in [0.5, 0.6) is 0 Å². The molecule has 4 aliphatic heterocycles. The number of carbonyl (C=O) groups excluding carboxylic acids is 3. The van der Waals surface area contributed by atoms with Gasteiger partial charge in [-0.2, -0.15) is 0 Å². The Morgan fingerprint density at radius 3 is 2.19 bits per heavy atom. The molecule has 4 saturated heterocycles. The van der Waals surface area contributed by atoms with Crippen LogP contribution in [0.25, 0.3) is 0 Å². The van der Waals surface area contributed by atoms with E-state index in [1.165, 1.54) is 36.3 Å². The van der Waals surface area contributed by atoms with Crippen molar-refractivity contribution in [3.63, 3.8) is 0 Å². The summed E-state index contributed by atoms with van der Waals surface area (Å²) in [7, 11) is 0. The fourth-order valence-electron chi connectivity index (χ4n) is 7.39. The van der Waals surface area contributed by atoms with Crippen molar-refractivity contribution in [2.24, 2.45) is 10.8 Å². The van der Waals surface area contributed by atoms with Crippen LogP contribution in [-0.2, 0) is 4.79 Å². The first-order valence-corrected chi connectivity index (χ1v) is 16.0. The third kappa shape index (κ3) is 6.48. The molecule has 4 aliphatic rings. The fraction of sp³-hybridized carbons (Fsp3) is 0.545. The molecule has 1 spiro atoms. The molecule has 6 rings (SSSR count). The van der Waals surface area contributed by atoms with Crippen molar-refractivity contribution in [1.82, 2.24) is 15.1 Å². The van der Waals surface area contributed by atoms with Crippen molar-refractivity contribution >= 4 is 46.5 Å². The predicted molar refractivity (Wildman–Crippen MR) is 171 cm³/mol. The van der Waals surface area contributed by atoms with Crippen LogP contribution in [0.4, 0.5) is 21.9 Å². The monoisotopic (exact) mass is 606 g/mol. The molecular weight excluding hydrogens is 564 g/mol. The van der Waals surface area contributed by atoms with E-state index in [4.69, 9.17) is 17.3 Å². The maximum absolute atomic E-state index is 13.5. The van der Waals surface area contributed by atoms with Crippen molar-refractivity contribution in [2.75, 3.05) is 67.9 Å². The number of carbonyl (C=O) groups is 3. The number of amides is 4. The van der Waals surface area contributed by atoms with Gasteiger partial charge in [-0.05, 0) is 105 Å². The highest BCUT2D eigenvalue weighted by molar-refractivity contribution is 6.34. The SMILES string of the molecule is CC1(CN2CCC3(CC2)CCN(C(=O)c2ccc(Cl)c(N4CCC(=O)NC4=O)c2)CC3)CCN(c2ccc(N)cc2)CC1. The summed E-state index contributed by atoms with van der Waals surface area (Å²) in [6.07, 6.45) is 7.03. The van der Waals surface area contributed by atoms with Gasteiger partial charge in [-0.1, -0.05) is 18.5 Å². The van der Waals surface area contributed by atoms with E-state index in [0.29, 0.717) is 27.1 Å². The van der Waals surface area contributed by atoms with Gasteiger partial charge in [0, 0.05) is 62.6 Å². The summed E-state index contributed by atoms with van der Waals surface area (Å²) in [5.74, 6) is -0.334. The lowest BCUT2D eigenvalue weighted by Gasteiger charge is -2.49. The number of nitrogens with zero attached hydrogens (tertiary/aromatic N) is 4. The molecule has 4 heterocycles. The van der Waals surface area contributed by atoms with Crippen molar-refractivity contribution < 1.29 is 14.4 Å². The summed E-state index contributed by atoms with van der Waals surface area (Å²) in [6.45, 7) is 9.78. The van der Waals surface area contributed by atoms with Gasteiger partial charge < -0.3 is 20.4 Å². The molecule has 4 amide bonds. The molecular formula is C33H43ClN6O3. The lowest BCUT2D eigenvalue weighted by atomic mass is 9.70. The van der Waals surface area contributed by atoms with Crippen LogP contribution in [-0.4, -0.2) is 80.0 Å². The van der Waals surface area contributed by atoms with E-state index in [0.717, 1.165) is 64.3 Å². The summed E-state index contributed by atoms with van der Waals surface area (Å²) in [6, 6.07) is 12.8. The van der Waals surface area contributed by atoms with E-state index in [9.17, 15) is 14.4 Å². The number of likely N-dealkylation sites (tertiary alicyclic amines) is 2. The number of hydrogen-bond acceptors (Lipinski definition) is 6. The third-order valence-corrected chi connectivity index (χ3v) is 10.7. The first kappa shape index (κ1) is 29.8. The molecule has 0 unspecified atom stereocenters. The Balaban J connectivity index is 0.988. The minimum atomic E-state index is -0.508. The Morgan fingerprint density at radius 2 is 1.53 bits per heavy atom. The van der Waals surface area contributed by atoms with Gasteiger partial charge in [0.15, 0.2) is 0 Å². The zero-order valence-corrected chi connectivity index (χ0v) is 25.9. The average Bonchev–Trinajstić information content (AvgIpc) is 3.00. The van der Waals surface area contributed by atoms with Gasteiger partial charge in [-0.15, -0.1) is 0 Å². The van der Waals surface area contributed by atoms with Gasteiger partial charge in [-0.3, -0.25) is 19.8 Å². The average molecular weight is 607 g/mol. The molecule has 0 radical (unpaired) electrons. The van der Waals surface area contributed by atoms with Crippen LogP contribution >= 0.6 is 11.6 Å². The molecule has 3 N–H and O–H groups in total. The van der Waals surface area contributed by atoms with Gasteiger partial charge in [0.1, 0.15) is 0 Å². The predicted octanol–water partition coefficient (Wildman–Crippen LogP) is 4.99. The molecule has 0 atom stereocenters. The zero-order chi connectivity index (χ0) is 30.2. The number of hydrogen-bond donors (Lipinski definition) is 2. The second-order valence-corrected chi connectivity index (χ2v) is 13.8. The normalized spacial score (nSPS) is 22.5. The van der Waals surface area contributed by atoms with Crippen molar-refractivity contribution in [3.8, 4) is 0 Å². The quantitative estimate of drug-likeness (QED) is 0.465. The number of imide groups is 1. The number of nitrogens with one attached hydrogen (secondary N) is 1. The number of piperidine rings is 3. The van der Waals surface area contributed by atoms with Crippen LogP contribution in [0, 0.1) is 10.8 Å². The van der Waals surface area contributed by atoms with Gasteiger partial charge in [0.2, 0.25) is 5.91 Å². The zero-order valence-electron chi connectivity index (χ0n) is 25.1. The summed E-state index contributed by atoms with van der Waals surface area (Å²) in [5.41, 5.74) is 9.59. The molecule has 4 fully saturated rings. The van der Waals surface area contributed by atoms with Gasteiger partial charge >= 0.3 is 6.03 Å². The lowest BCUT2D eigenvalue weighted by Crippen LogP contribution is -2.51. The number of rotatable bonds is 5. The molecule has 10 heteroatoms. The van der Waals surface area contributed by atoms with Crippen LogP contribution < -0.4 is 20.9 Å². The second kappa shape index (κ2) is 12.0. The molecule has 0 saturated carbocycles. The second-order valence-electron chi connectivity index (χ2n) is 13.4. The number of benzene rings is 2. The Hall–Kier alpha value is -3.30. The fourth-order valence-corrected chi connectivity index (χ4v) is 7.61. The third-order valence-electron chi connectivity index (χ3n) is 10.4. The van der Waals surface area contributed by atoms with E-state index in [-0.39, 0.29) is 24.8 Å². The van der Waals surface area contributed by atoms with Crippen molar-refractivity contribution in [2.45, 2.75) is 51.9 Å². The summed E-state index contributed by atoms with van der Waals surface area (Å²) in [5, 5.41) is 2.70. The van der Waals surface area contributed by atoms with Crippen LogP contribution in [0.15, 0.2) is 42.5 Å². The topological polar surface area (TPSA) is 102 Å². The van der Waals surface area contributed by atoms with E-state index in [1.807, 2.05) is 17.0 Å². The Labute approximate surface area is 259 Å². The van der Waals surface area contributed by atoms with Crippen LogP contribution in [0.1, 0.15) is 62.2 Å². The number of anilines is 3. The largest absolute Gasteiger partial charge is 0.399 e. The molecule has 0 aromatic heterocycles. The maximum atomic E-state index is 13.5. The number of nitrogen functional groups attached to an aromatic ring is 1. The summed E-state index contributed by atoms with van der Waals surface area (Å²) in [4.78, 5) is 46.0. The van der Waals surface area contributed by atoms with E-state index in [2.05, 4.69) is 34.2 Å². The molecule has 230 valence electrons. The van der Waals surface area contributed by atoms with Gasteiger partial charge in [0.25, 0.3) is 5.91 Å². The number of urea groups is 1. The van der Waals surface area contributed by atoms with Crippen LogP contribution in [0.3, 0.4) is 0 Å². The smallest absolute Gasteiger partial charge is 0.328 e. The number of nitrogens with two attached hydrogens (primary N) is 1. The van der Waals surface area contributed by atoms with Crippen molar-refractivity contribution in [1.29, 1.82) is 0 Å². The Kier molecular flexibility index (Phi) is 8.31. The van der Waals surface area contributed by atoms with E-state index >= 15 is 0 Å². The minimum absolute atomic E-state index is 0.0306. The van der Waals surface area contributed by atoms with E-state index in [1.54, 1.807) is 18.2 Å². The highest BCUT2D eigenvalue weighted by atomic mass is 35.5. The highest BCUT2D eigenvalue weighted by Crippen LogP contribution is 2.43. The van der Waals surface area contributed by atoms with Crippen molar-refractivity contribution in [3.05, 3.63) is 53.1 Å². The Bertz CT molecular complexity index is 1360. The lowest BCUT2D eigenvalue weighted by molar-refractivity contribution is -0.120. The molecule has 2 aromatic carbocycles. The molecule has 2 aromatic rings.